The average molecular weight is 364 g/mol. The summed E-state index contributed by atoms with van der Waals surface area (Å²) in [5, 5.41) is 13.0. The van der Waals surface area contributed by atoms with E-state index in [1.54, 1.807) is 18.4 Å². The third-order valence-electron chi connectivity index (χ3n) is 4.05. The number of ether oxygens (including phenoxy) is 1. The van der Waals surface area contributed by atoms with Gasteiger partial charge in [0.25, 0.3) is 0 Å². The molecule has 0 saturated carbocycles. The van der Waals surface area contributed by atoms with Gasteiger partial charge in [-0.05, 0) is 52.2 Å². The fourth-order valence-electron chi connectivity index (χ4n) is 2.61. The molecule has 0 radical (unpaired) electrons. The maximum Gasteiger partial charge on any atom is 0.335 e. The number of carboxylic acid groups (broad SMARTS) is 1. The molecule has 0 amide bonds. The predicted molar refractivity (Wildman–Crippen MR) is 103 cm³/mol. The molecule has 0 aliphatic rings. The highest BCUT2D eigenvalue weighted by Crippen LogP contribution is 2.33. The summed E-state index contributed by atoms with van der Waals surface area (Å²) in [5.74, 6) is -0.750. The second-order valence-corrected chi connectivity index (χ2v) is 6.40. The smallest absolute Gasteiger partial charge is 0.335 e. The van der Waals surface area contributed by atoms with Crippen molar-refractivity contribution in [2.45, 2.75) is 0 Å². The highest BCUT2D eigenvalue weighted by Gasteiger charge is 2.17. The summed E-state index contributed by atoms with van der Waals surface area (Å²) < 4.78 is 5.39. The van der Waals surface area contributed by atoms with E-state index in [9.17, 15) is 9.59 Å². The van der Waals surface area contributed by atoms with Crippen molar-refractivity contribution < 1.29 is 19.4 Å². The van der Waals surface area contributed by atoms with Gasteiger partial charge >= 0.3 is 5.97 Å². The topological polar surface area (TPSA) is 63.6 Å². The van der Waals surface area contributed by atoms with Crippen LogP contribution in [-0.2, 0) is 0 Å². The minimum absolute atomic E-state index is 0.129. The molecule has 0 aliphatic heterocycles. The molecule has 2 aromatic carbocycles. The number of ketones is 1. The Morgan fingerprint density at radius 2 is 1.69 bits per heavy atom. The molecule has 0 fully saturated rings. The molecule has 26 heavy (non-hydrogen) atoms. The van der Waals surface area contributed by atoms with Gasteiger partial charge in [-0.1, -0.05) is 24.8 Å². The van der Waals surface area contributed by atoms with E-state index >= 15 is 0 Å². The van der Waals surface area contributed by atoms with E-state index < -0.39 is 5.97 Å². The van der Waals surface area contributed by atoms with Crippen LogP contribution in [0.25, 0.3) is 16.7 Å². The van der Waals surface area contributed by atoms with Crippen molar-refractivity contribution in [3.8, 4) is 16.9 Å². The maximum absolute atomic E-state index is 12.8. The van der Waals surface area contributed by atoms with Crippen molar-refractivity contribution in [1.29, 1.82) is 0 Å². The van der Waals surface area contributed by atoms with Gasteiger partial charge in [-0.25, -0.2) is 4.79 Å². The number of carbonyl (C=O) groups is 2. The molecular formula is C21H16O4S. The minimum Gasteiger partial charge on any atom is -0.496 e. The van der Waals surface area contributed by atoms with Crippen molar-refractivity contribution in [2.75, 3.05) is 7.11 Å². The molecule has 1 N–H and O–H groups in total. The number of carboxylic acids is 1. The van der Waals surface area contributed by atoms with Gasteiger partial charge in [0.2, 0.25) is 0 Å². The van der Waals surface area contributed by atoms with Gasteiger partial charge in [-0.15, -0.1) is 0 Å². The number of methoxy groups -OCH3 is 1. The Morgan fingerprint density at radius 1 is 1.00 bits per heavy atom. The van der Waals surface area contributed by atoms with Gasteiger partial charge in [-0.2, -0.15) is 11.3 Å². The van der Waals surface area contributed by atoms with Crippen molar-refractivity contribution >= 4 is 28.7 Å². The highest BCUT2D eigenvalue weighted by atomic mass is 32.1. The second kappa shape index (κ2) is 7.37. The van der Waals surface area contributed by atoms with Gasteiger partial charge in [-0.3, -0.25) is 4.79 Å². The Kier molecular flexibility index (Phi) is 5.00. The fourth-order valence-corrected chi connectivity index (χ4v) is 3.28. The average Bonchev–Trinajstić information content (AvgIpc) is 3.21. The SMILES string of the molecule is C=C(C(=O)c1ccc(C(=O)O)cc1)c1cc(-c2ccsc2)ccc1OC. The minimum atomic E-state index is -1.03. The number of Topliss-reactive ketones (excluding diaryl/α,β-unsaturated/α-hetero) is 1. The number of hydrogen-bond acceptors (Lipinski definition) is 4. The summed E-state index contributed by atoms with van der Waals surface area (Å²) in [6, 6.07) is 13.4. The first-order valence-electron chi connectivity index (χ1n) is 7.79. The summed E-state index contributed by atoms with van der Waals surface area (Å²) >= 11 is 1.60. The number of aromatic carboxylic acids is 1. The van der Waals surface area contributed by atoms with E-state index in [4.69, 9.17) is 9.84 Å². The normalized spacial score (nSPS) is 10.3. The molecular weight excluding hydrogens is 348 g/mol. The number of allylic oxidation sites excluding steroid dienone is 1. The summed E-state index contributed by atoms with van der Waals surface area (Å²) in [7, 11) is 1.54. The fraction of sp³-hybridized carbons (Fsp3) is 0.0476. The predicted octanol–water partition coefficient (Wildman–Crippen LogP) is 5.02. The molecule has 1 heterocycles. The van der Waals surface area contributed by atoms with Crippen LogP contribution in [0.4, 0.5) is 0 Å². The number of carbonyl (C=O) groups excluding carboxylic acids is 1. The molecule has 1 aromatic heterocycles. The third kappa shape index (κ3) is 3.43. The Labute approximate surface area is 155 Å². The molecule has 0 saturated heterocycles. The second-order valence-electron chi connectivity index (χ2n) is 5.62. The van der Waals surface area contributed by atoms with Crippen LogP contribution in [0, 0.1) is 0 Å². The third-order valence-corrected chi connectivity index (χ3v) is 4.73. The molecule has 3 rings (SSSR count). The van der Waals surface area contributed by atoms with Crippen LogP contribution in [0.2, 0.25) is 0 Å². The Hall–Kier alpha value is -3.18. The van der Waals surface area contributed by atoms with Gasteiger partial charge in [0, 0.05) is 16.7 Å². The number of thiophene rings is 1. The monoisotopic (exact) mass is 364 g/mol. The van der Waals surface area contributed by atoms with Gasteiger partial charge in [0.15, 0.2) is 5.78 Å². The Morgan fingerprint density at radius 3 is 2.27 bits per heavy atom. The molecule has 0 spiro atoms. The van der Waals surface area contributed by atoms with Gasteiger partial charge < -0.3 is 9.84 Å². The van der Waals surface area contributed by atoms with Crippen molar-refractivity contribution in [1.82, 2.24) is 0 Å². The largest absolute Gasteiger partial charge is 0.496 e. The molecule has 5 heteroatoms. The Bertz CT molecular complexity index is 970. The van der Waals surface area contributed by atoms with Crippen molar-refractivity contribution in [3.05, 3.63) is 82.6 Å². The zero-order chi connectivity index (χ0) is 18.7. The molecule has 0 atom stereocenters. The molecule has 0 bridgehead atoms. The zero-order valence-electron chi connectivity index (χ0n) is 14.1. The highest BCUT2D eigenvalue weighted by molar-refractivity contribution is 7.08. The quantitative estimate of drug-likeness (QED) is 0.493. The van der Waals surface area contributed by atoms with E-state index in [0.29, 0.717) is 22.4 Å². The van der Waals surface area contributed by atoms with Crippen molar-refractivity contribution in [2.24, 2.45) is 0 Å². The van der Waals surface area contributed by atoms with Gasteiger partial charge in [0.1, 0.15) is 5.75 Å². The van der Waals surface area contributed by atoms with Crippen molar-refractivity contribution in [3.63, 3.8) is 0 Å². The summed E-state index contributed by atoms with van der Waals surface area (Å²) in [4.78, 5) is 23.7. The molecule has 0 unspecified atom stereocenters. The first-order chi connectivity index (χ1) is 12.5. The van der Waals surface area contributed by atoms with E-state index in [1.165, 1.54) is 24.3 Å². The molecule has 130 valence electrons. The Balaban J connectivity index is 1.96. The van der Waals surface area contributed by atoms with E-state index in [2.05, 4.69) is 6.58 Å². The lowest BCUT2D eigenvalue weighted by Gasteiger charge is -2.12. The maximum atomic E-state index is 12.8. The van der Waals surface area contributed by atoms with Crippen LogP contribution in [0.5, 0.6) is 5.75 Å². The molecule has 0 aliphatic carbocycles. The number of rotatable bonds is 6. The number of benzene rings is 2. The summed E-state index contributed by atoms with van der Waals surface area (Å²) in [6.07, 6.45) is 0. The van der Waals surface area contributed by atoms with E-state index in [0.717, 1.165) is 11.1 Å². The lowest BCUT2D eigenvalue weighted by Crippen LogP contribution is -2.05. The van der Waals surface area contributed by atoms with Crippen LogP contribution in [-0.4, -0.2) is 24.0 Å². The van der Waals surface area contributed by atoms with E-state index in [1.807, 2.05) is 35.0 Å². The summed E-state index contributed by atoms with van der Waals surface area (Å²) in [5.41, 5.74) is 3.44. The first-order valence-corrected chi connectivity index (χ1v) is 8.73. The van der Waals surface area contributed by atoms with Gasteiger partial charge in [0.05, 0.1) is 12.7 Å². The van der Waals surface area contributed by atoms with Crippen LogP contribution < -0.4 is 4.74 Å². The first kappa shape index (κ1) is 17.6. The van der Waals surface area contributed by atoms with Crippen LogP contribution in [0.3, 0.4) is 0 Å². The lowest BCUT2D eigenvalue weighted by atomic mass is 9.94. The van der Waals surface area contributed by atoms with Crippen LogP contribution in [0.1, 0.15) is 26.3 Å². The molecule has 3 aromatic rings. The van der Waals surface area contributed by atoms with Crippen LogP contribution >= 0.6 is 11.3 Å². The van der Waals surface area contributed by atoms with E-state index in [-0.39, 0.29) is 11.3 Å². The van der Waals surface area contributed by atoms with Crippen LogP contribution in [0.15, 0.2) is 65.9 Å². The zero-order valence-corrected chi connectivity index (χ0v) is 14.9. The number of hydrogen-bond donors (Lipinski definition) is 1. The molecule has 4 nitrogen and oxygen atoms in total. The lowest BCUT2D eigenvalue weighted by molar-refractivity contribution is 0.0696. The summed E-state index contributed by atoms with van der Waals surface area (Å²) in [6.45, 7) is 3.95. The standard InChI is InChI=1S/C21H16O4S/c1-13(20(22)14-3-5-15(6-4-14)21(23)24)18-11-16(7-8-19(18)25-2)17-9-10-26-12-17/h3-12H,1H2,2H3,(H,23,24).